The van der Waals surface area contributed by atoms with E-state index in [1.807, 2.05) is 28.8 Å². The SMILES string of the molecule is CC(=O)OCC1OC(Sc2nc3ccccc3n2CCOc2ccc(Cl)cc2)C(OC(C)=O)C(OC(C)=O)C1OC(C)=O. The van der Waals surface area contributed by atoms with Crippen LogP contribution in [0.4, 0.5) is 0 Å². The second-order valence-electron chi connectivity index (χ2n) is 9.52. The maximum Gasteiger partial charge on any atom is 0.303 e. The van der Waals surface area contributed by atoms with Crippen LogP contribution in [0.1, 0.15) is 27.7 Å². The first kappa shape index (κ1) is 32.1. The van der Waals surface area contributed by atoms with E-state index >= 15 is 0 Å². The minimum absolute atomic E-state index is 0.286. The van der Waals surface area contributed by atoms with Crippen LogP contribution in [0.3, 0.4) is 0 Å². The molecule has 1 aromatic heterocycles. The van der Waals surface area contributed by atoms with Crippen LogP contribution in [0.2, 0.25) is 5.02 Å². The maximum absolute atomic E-state index is 12.2. The van der Waals surface area contributed by atoms with Crippen molar-refractivity contribution >= 4 is 58.3 Å². The van der Waals surface area contributed by atoms with E-state index in [0.29, 0.717) is 28.0 Å². The van der Waals surface area contributed by atoms with Gasteiger partial charge in [-0.25, -0.2) is 4.98 Å². The number of benzene rings is 2. The fourth-order valence-corrected chi connectivity index (χ4v) is 5.88. The number of para-hydroxylation sites is 2. The molecule has 14 heteroatoms. The molecule has 4 rings (SSSR count). The zero-order chi connectivity index (χ0) is 31.1. The molecule has 2 heterocycles. The van der Waals surface area contributed by atoms with E-state index in [-0.39, 0.29) is 13.2 Å². The zero-order valence-electron chi connectivity index (χ0n) is 23.9. The molecule has 1 fully saturated rings. The Morgan fingerprint density at radius 1 is 0.860 bits per heavy atom. The van der Waals surface area contributed by atoms with Crippen molar-refractivity contribution < 1.29 is 47.6 Å². The lowest BCUT2D eigenvalue weighted by atomic mass is 9.99. The number of rotatable bonds is 11. The van der Waals surface area contributed by atoms with Gasteiger partial charge in [0.2, 0.25) is 0 Å². The van der Waals surface area contributed by atoms with Gasteiger partial charge in [0.1, 0.15) is 25.1 Å². The van der Waals surface area contributed by atoms with E-state index in [1.54, 1.807) is 24.3 Å². The van der Waals surface area contributed by atoms with Crippen molar-refractivity contribution in [2.45, 2.75) is 69.2 Å². The largest absolute Gasteiger partial charge is 0.492 e. The monoisotopic (exact) mass is 634 g/mol. The van der Waals surface area contributed by atoms with Crippen molar-refractivity contribution in [2.24, 2.45) is 0 Å². The summed E-state index contributed by atoms with van der Waals surface area (Å²) < 4.78 is 35.9. The average Bonchev–Trinajstić information content (AvgIpc) is 3.28. The molecule has 5 atom stereocenters. The molecule has 0 amide bonds. The van der Waals surface area contributed by atoms with E-state index in [2.05, 4.69) is 0 Å². The standard InChI is InChI=1S/C29H31ClN2O10S/c1-16(33)38-15-24-25(39-17(2)34)26(40-18(3)35)27(41-19(4)36)28(42-24)43-29-31-22-7-5-6-8-23(22)32(29)13-14-37-21-11-9-20(30)10-12-21/h5-12,24-28H,13-15H2,1-4H3. The smallest absolute Gasteiger partial charge is 0.303 e. The summed E-state index contributed by atoms with van der Waals surface area (Å²) in [5, 5.41) is 1.08. The van der Waals surface area contributed by atoms with Gasteiger partial charge in [-0.2, -0.15) is 0 Å². The van der Waals surface area contributed by atoms with Gasteiger partial charge in [-0.15, -0.1) is 0 Å². The molecule has 0 N–H and O–H groups in total. The maximum atomic E-state index is 12.2. The Morgan fingerprint density at radius 3 is 2.14 bits per heavy atom. The van der Waals surface area contributed by atoms with Crippen molar-refractivity contribution in [3.63, 3.8) is 0 Å². The molecular weight excluding hydrogens is 604 g/mol. The van der Waals surface area contributed by atoms with E-state index in [1.165, 1.54) is 27.7 Å². The Balaban J connectivity index is 1.68. The molecule has 3 aromatic rings. The van der Waals surface area contributed by atoms with E-state index in [9.17, 15) is 19.2 Å². The molecular formula is C29H31ClN2O10S. The number of carbonyl (C=O) groups is 4. The third-order valence-electron chi connectivity index (χ3n) is 6.19. The number of esters is 4. The predicted octanol–water partition coefficient (Wildman–Crippen LogP) is 3.94. The fourth-order valence-electron chi connectivity index (χ4n) is 4.53. The number of carbonyl (C=O) groups excluding carboxylic acids is 4. The van der Waals surface area contributed by atoms with Crippen molar-refractivity contribution in [1.29, 1.82) is 0 Å². The molecule has 1 aliphatic heterocycles. The Labute approximate surface area is 256 Å². The number of nitrogens with zero attached hydrogens (tertiary/aromatic N) is 2. The number of fused-ring (bicyclic) bond motifs is 1. The van der Waals surface area contributed by atoms with Crippen molar-refractivity contribution in [1.82, 2.24) is 9.55 Å². The summed E-state index contributed by atoms with van der Waals surface area (Å²) in [5.41, 5.74) is 0.492. The molecule has 5 unspecified atom stereocenters. The van der Waals surface area contributed by atoms with Crippen LogP contribution in [0.15, 0.2) is 53.7 Å². The van der Waals surface area contributed by atoms with Gasteiger partial charge in [-0.05, 0) is 36.4 Å². The van der Waals surface area contributed by atoms with Crippen LogP contribution in [0.25, 0.3) is 11.0 Å². The highest BCUT2D eigenvalue weighted by atomic mass is 35.5. The summed E-state index contributed by atoms with van der Waals surface area (Å²) in [6.07, 6.45) is -4.80. The summed E-state index contributed by atoms with van der Waals surface area (Å²) in [6.45, 7) is 5.11. The van der Waals surface area contributed by atoms with Gasteiger partial charge in [0.15, 0.2) is 28.9 Å². The lowest BCUT2D eigenvalue weighted by Crippen LogP contribution is -2.61. The molecule has 0 spiro atoms. The highest BCUT2D eigenvalue weighted by Gasteiger charge is 2.52. The summed E-state index contributed by atoms with van der Waals surface area (Å²) >= 11 is 7.09. The van der Waals surface area contributed by atoms with Crippen LogP contribution in [-0.2, 0) is 49.4 Å². The van der Waals surface area contributed by atoms with Gasteiger partial charge < -0.3 is 33.0 Å². The topological polar surface area (TPSA) is 141 Å². The summed E-state index contributed by atoms with van der Waals surface area (Å²) in [4.78, 5) is 52.8. The molecule has 0 aliphatic carbocycles. The highest BCUT2D eigenvalue weighted by molar-refractivity contribution is 7.99. The summed E-state index contributed by atoms with van der Waals surface area (Å²) in [5.74, 6) is -2.04. The van der Waals surface area contributed by atoms with Gasteiger partial charge >= 0.3 is 23.9 Å². The number of thioether (sulfide) groups is 1. The lowest BCUT2D eigenvalue weighted by Gasteiger charge is -2.44. The average molecular weight is 635 g/mol. The Bertz CT molecular complexity index is 1460. The molecule has 43 heavy (non-hydrogen) atoms. The van der Waals surface area contributed by atoms with Crippen LogP contribution in [0.5, 0.6) is 5.75 Å². The number of ether oxygens (including phenoxy) is 6. The third kappa shape index (κ3) is 8.62. The van der Waals surface area contributed by atoms with Crippen molar-refractivity contribution in [3.8, 4) is 5.75 Å². The molecule has 0 radical (unpaired) electrons. The molecule has 2 aromatic carbocycles. The van der Waals surface area contributed by atoms with Crippen LogP contribution >= 0.6 is 23.4 Å². The second kappa shape index (κ2) is 14.6. The third-order valence-corrected chi connectivity index (χ3v) is 7.57. The summed E-state index contributed by atoms with van der Waals surface area (Å²) in [7, 11) is 0. The van der Waals surface area contributed by atoms with Crippen molar-refractivity contribution in [3.05, 3.63) is 53.6 Å². The van der Waals surface area contributed by atoms with Gasteiger partial charge in [0.05, 0.1) is 17.6 Å². The van der Waals surface area contributed by atoms with E-state index in [4.69, 9.17) is 45.0 Å². The van der Waals surface area contributed by atoms with Gasteiger partial charge in [-0.3, -0.25) is 19.2 Å². The second-order valence-corrected chi connectivity index (χ2v) is 11.0. The summed E-state index contributed by atoms with van der Waals surface area (Å²) in [6, 6.07) is 14.5. The Hall–Kier alpha value is -3.81. The van der Waals surface area contributed by atoms with Crippen LogP contribution < -0.4 is 4.74 Å². The molecule has 0 saturated carbocycles. The number of halogens is 1. The number of aromatic nitrogens is 2. The molecule has 12 nitrogen and oxygen atoms in total. The number of imidazole rings is 1. The predicted molar refractivity (Wildman–Crippen MR) is 154 cm³/mol. The molecule has 230 valence electrons. The number of hydrogen-bond donors (Lipinski definition) is 0. The zero-order valence-corrected chi connectivity index (χ0v) is 25.5. The Kier molecular flexibility index (Phi) is 10.9. The van der Waals surface area contributed by atoms with Gasteiger partial charge in [0.25, 0.3) is 0 Å². The fraction of sp³-hybridized carbons (Fsp3) is 0.414. The number of hydrogen-bond acceptors (Lipinski definition) is 12. The van der Waals surface area contributed by atoms with Gasteiger partial charge in [-0.1, -0.05) is 35.5 Å². The quantitative estimate of drug-likeness (QED) is 0.223. The first-order chi connectivity index (χ1) is 20.5. The minimum atomic E-state index is -1.27. The lowest BCUT2D eigenvalue weighted by molar-refractivity contribution is -0.237. The minimum Gasteiger partial charge on any atom is -0.492 e. The van der Waals surface area contributed by atoms with Gasteiger partial charge in [0, 0.05) is 32.7 Å². The normalized spacial score (nSPS) is 21.6. The first-order valence-electron chi connectivity index (χ1n) is 13.3. The molecule has 1 saturated heterocycles. The van der Waals surface area contributed by atoms with Crippen LogP contribution in [-0.4, -0.2) is 76.5 Å². The van der Waals surface area contributed by atoms with Crippen molar-refractivity contribution in [2.75, 3.05) is 13.2 Å². The highest BCUT2D eigenvalue weighted by Crippen LogP contribution is 2.38. The molecule has 1 aliphatic rings. The first-order valence-corrected chi connectivity index (χ1v) is 14.6. The van der Waals surface area contributed by atoms with Crippen LogP contribution in [0, 0.1) is 0 Å². The van der Waals surface area contributed by atoms with E-state index in [0.717, 1.165) is 17.3 Å². The molecule has 0 bridgehead atoms. The van der Waals surface area contributed by atoms with E-state index < -0.39 is 53.7 Å². The Morgan fingerprint density at radius 2 is 1.49 bits per heavy atom.